The first-order valence-electron chi connectivity index (χ1n) is 14.0. The molecule has 236 valence electrons. The molecule has 0 saturated carbocycles. The topological polar surface area (TPSA) is 147 Å². The molecule has 0 aliphatic rings. The lowest BCUT2D eigenvalue weighted by molar-refractivity contribution is -0.873. The van der Waals surface area contributed by atoms with Crippen LogP contribution in [0.3, 0.4) is 0 Å². The van der Waals surface area contributed by atoms with Crippen LogP contribution in [0.2, 0.25) is 0 Å². The van der Waals surface area contributed by atoms with E-state index in [4.69, 9.17) is 28.8 Å². The zero-order chi connectivity index (χ0) is 30.1. The maximum atomic E-state index is 10.4. The highest BCUT2D eigenvalue weighted by Crippen LogP contribution is 2.10. The van der Waals surface area contributed by atoms with Gasteiger partial charge < -0.3 is 58.2 Å². The fourth-order valence-electron chi connectivity index (χ4n) is 3.85. The van der Waals surface area contributed by atoms with Crippen molar-refractivity contribution in [3.63, 3.8) is 0 Å². The first-order valence-corrected chi connectivity index (χ1v) is 14.0. The van der Waals surface area contributed by atoms with E-state index in [-0.39, 0.29) is 52.4 Å². The van der Waals surface area contributed by atoms with Crippen molar-refractivity contribution in [3.05, 3.63) is 0 Å². The largest absolute Gasteiger partial charge is 0.394 e. The summed E-state index contributed by atoms with van der Waals surface area (Å²) in [6.45, 7) is 5.11. The van der Waals surface area contributed by atoms with Crippen LogP contribution in [0.15, 0.2) is 0 Å². The molecular formula is C27H60N2O10+2. The Morgan fingerprint density at radius 1 is 0.564 bits per heavy atom. The molecule has 5 N–H and O–H groups in total. The monoisotopic (exact) mass is 572 g/mol. The summed E-state index contributed by atoms with van der Waals surface area (Å²) in [5, 5.41) is 49.1. The van der Waals surface area contributed by atoms with Crippen LogP contribution in [-0.4, -0.2) is 185 Å². The first-order chi connectivity index (χ1) is 18.0. The standard InChI is InChI=1S/C27H60N2O10/c1-9-25(10-21(2)31)38-19-27(18-35-14-22(32)11-28(3,4)5)39-20-26(17-36-15-24(34)13-30)37-16-23(33)12-29(6,7)8/h21-27,30-34H,9-20H2,1-8H3/q+2. The molecule has 39 heavy (non-hydrogen) atoms. The highest BCUT2D eigenvalue weighted by molar-refractivity contribution is 4.67. The van der Waals surface area contributed by atoms with Crippen molar-refractivity contribution < 1.29 is 58.2 Å². The molecule has 0 aliphatic heterocycles. The van der Waals surface area contributed by atoms with E-state index in [9.17, 15) is 20.4 Å². The Hall–Kier alpha value is -0.480. The molecule has 0 saturated heterocycles. The number of likely N-dealkylation sites (N-methyl/N-ethyl adjacent to an activating group) is 2. The summed E-state index contributed by atoms with van der Waals surface area (Å²) >= 11 is 0. The van der Waals surface area contributed by atoms with E-state index in [1.807, 2.05) is 49.2 Å². The fraction of sp³-hybridized carbons (Fsp3) is 1.00. The molecule has 0 aromatic carbocycles. The fourth-order valence-corrected chi connectivity index (χ4v) is 3.85. The Labute approximate surface area is 236 Å². The predicted octanol–water partition coefficient (Wildman–Crippen LogP) is -1.16. The maximum absolute atomic E-state index is 10.4. The van der Waals surface area contributed by atoms with Crippen molar-refractivity contribution in [3.8, 4) is 0 Å². The molecule has 0 amide bonds. The highest BCUT2D eigenvalue weighted by atomic mass is 16.6. The van der Waals surface area contributed by atoms with Crippen LogP contribution in [0.5, 0.6) is 0 Å². The summed E-state index contributed by atoms with van der Waals surface area (Å²) in [5.74, 6) is 0. The Morgan fingerprint density at radius 2 is 0.974 bits per heavy atom. The van der Waals surface area contributed by atoms with Crippen LogP contribution in [0, 0.1) is 0 Å². The van der Waals surface area contributed by atoms with Crippen LogP contribution in [0.4, 0.5) is 0 Å². The predicted molar refractivity (Wildman–Crippen MR) is 148 cm³/mol. The van der Waals surface area contributed by atoms with Crippen LogP contribution < -0.4 is 0 Å². The third kappa shape index (κ3) is 23.9. The molecule has 0 heterocycles. The van der Waals surface area contributed by atoms with Gasteiger partial charge in [-0.05, 0) is 19.8 Å². The summed E-state index contributed by atoms with van der Waals surface area (Å²) in [7, 11) is 11.9. The van der Waals surface area contributed by atoms with Gasteiger partial charge in [-0.2, -0.15) is 0 Å². The molecule has 0 spiro atoms. The maximum Gasteiger partial charge on any atom is 0.126 e. The summed E-state index contributed by atoms with van der Waals surface area (Å²) in [5.41, 5.74) is 0. The minimum atomic E-state index is -0.997. The number of aliphatic hydroxyl groups excluding tert-OH is 5. The summed E-state index contributed by atoms with van der Waals surface area (Å²) < 4.78 is 30.5. The van der Waals surface area contributed by atoms with E-state index in [1.54, 1.807) is 6.92 Å². The van der Waals surface area contributed by atoms with Gasteiger partial charge in [0, 0.05) is 0 Å². The van der Waals surface area contributed by atoms with Crippen LogP contribution in [-0.2, 0) is 23.7 Å². The van der Waals surface area contributed by atoms with Gasteiger partial charge in [0.05, 0.1) is 107 Å². The Morgan fingerprint density at radius 3 is 1.38 bits per heavy atom. The van der Waals surface area contributed by atoms with Crippen LogP contribution in [0.1, 0.15) is 26.7 Å². The van der Waals surface area contributed by atoms with Crippen molar-refractivity contribution in [2.24, 2.45) is 0 Å². The summed E-state index contributed by atoms with van der Waals surface area (Å²) in [6, 6.07) is 0. The van der Waals surface area contributed by atoms with Crippen molar-refractivity contribution in [2.45, 2.75) is 69.4 Å². The minimum absolute atomic E-state index is 0.0604. The lowest BCUT2D eigenvalue weighted by atomic mass is 10.1. The van der Waals surface area contributed by atoms with Crippen molar-refractivity contribution in [1.29, 1.82) is 0 Å². The third-order valence-electron chi connectivity index (χ3n) is 5.57. The Balaban J connectivity index is 5.17. The minimum Gasteiger partial charge on any atom is -0.394 e. The third-order valence-corrected chi connectivity index (χ3v) is 5.57. The Kier molecular flexibility index (Phi) is 20.2. The molecule has 7 atom stereocenters. The smallest absolute Gasteiger partial charge is 0.126 e. The molecule has 0 aromatic rings. The van der Waals surface area contributed by atoms with Gasteiger partial charge in [0.25, 0.3) is 0 Å². The van der Waals surface area contributed by atoms with Gasteiger partial charge in [0.15, 0.2) is 0 Å². The second-order valence-electron chi connectivity index (χ2n) is 12.5. The van der Waals surface area contributed by atoms with E-state index in [1.165, 1.54) is 0 Å². The summed E-state index contributed by atoms with van der Waals surface area (Å²) in [6.07, 6.45) is -2.73. The second-order valence-corrected chi connectivity index (χ2v) is 12.5. The number of ether oxygens (including phenoxy) is 5. The van der Waals surface area contributed by atoms with Crippen LogP contribution >= 0.6 is 0 Å². The van der Waals surface area contributed by atoms with Crippen LogP contribution in [0.25, 0.3) is 0 Å². The number of nitrogens with zero attached hydrogens (tertiary/aromatic N) is 2. The lowest BCUT2D eigenvalue weighted by Gasteiger charge is -2.29. The molecule has 12 nitrogen and oxygen atoms in total. The first kappa shape index (κ1) is 38.5. The van der Waals surface area contributed by atoms with Gasteiger partial charge in [0.1, 0.15) is 43.6 Å². The van der Waals surface area contributed by atoms with Gasteiger partial charge in [-0.1, -0.05) is 6.92 Å². The molecule has 12 heteroatoms. The summed E-state index contributed by atoms with van der Waals surface area (Å²) in [4.78, 5) is 0. The van der Waals surface area contributed by atoms with Gasteiger partial charge in [-0.15, -0.1) is 0 Å². The quantitative estimate of drug-likeness (QED) is 0.0849. The zero-order valence-electron chi connectivity index (χ0n) is 25.7. The van der Waals surface area contributed by atoms with E-state index in [0.717, 1.165) is 6.42 Å². The molecule has 7 unspecified atom stereocenters. The number of quaternary nitrogens is 2. The highest BCUT2D eigenvalue weighted by Gasteiger charge is 2.23. The van der Waals surface area contributed by atoms with E-state index in [0.29, 0.717) is 28.5 Å². The normalized spacial score (nSPS) is 18.4. The second kappa shape index (κ2) is 20.4. The van der Waals surface area contributed by atoms with Gasteiger partial charge in [0.2, 0.25) is 0 Å². The molecule has 0 aromatic heterocycles. The van der Waals surface area contributed by atoms with E-state index in [2.05, 4.69) is 0 Å². The van der Waals surface area contributed by atoms with E-state index >= 15 is 0 Å². The molecular weight excluding hydrogens is 512 g/mol. The average Bonchev–Trinajstić information content (AvgIpc) is 2.79. The molecule has 0 fully saturated rings. The molecule has 0 radical (unpaired) electrons. The van der Waals surface area contributed by atoms with Crippen molar-refractivity contribution >= 4 is 0 Å². The SMILES string of the molecule is CCC(CC(C)O)OCC(COCC(O)C[N+](C)(C)C)OCC(COCC(O)CO)OCC(O)C[N+](C)(C)C. The van der Waals surface area contributed by atoms with Crippen molar-refractivity contribution in [1.82, 2.24) is 0 Å². The van der Waals surface area contributed by atoms with Crippen molar-refractivity contribution in [2.75, 3.05) is 108 Å². The van der Waals surface area contributed by atoms with E-state index < -0.39 is 43.2 Å². The van der Waals surface area contributed by atoms with Gasteiger partial charge in [-0.3, -0.25) is 0 Å². The molecule has 0 bridgehead atoms. The number of aliphatic hydroxyl groups is 5. The number of hydrogen-bond acceptors (Lipinski definition) is 10. The lowest BCUT2D eigenvalue weighted by Crippen LogP contribution is -2.44. The molecule has 0 rings (SSSR count). The Bertz CT molecular complexity index is 586. The van der Waals surface area contributed by atoms with Gasteiger partial charge in [-0.25, -0.2) is 0 Å². The van der Waals surface area contributed by atoms with Gasteiger partial charge >= 0.3 is 0 Å². The average molecular weight is 573 g/mol. The number of hydrogen-bond donors (Lipinski definition) is 5. The number of rotatable bonds is 25. The zero-order valence-corrected chi connectivity index (χ0v) is 25.7. The molecule has 0 aliphatic carbocycles.